The summed E-state index contributed by atoms with van der Waals surface area (Å²) in [6.07, 6.45) is 5.09. The van der Waals surface area contributed by atoms with Crippen molar-refractivity contribution in [1.82, 2.24) is 0 Å². The van der Waals surface area contributed by atoms with Crippen LogP contribution in [0.2, 0.25) is 4.63 Å². The zero-order chi connectivity index (χ0) is 31.3. The molecule has 47 heavy (non-hydrogen) atoms. The minimum atomic E-state index is -2.81. The first kappa shape index (κ1) is 35.3. The van der Waals surface area contributed by atoms with Gasteiger partial charge in [-0.1, -0.05) is 13.8 Å². The van der Waals surface area contributed by atoms with Gasteiger partial charge in [0.2, 0.25) is 0 Å². The van der Waals surface area contributed by atoms with E-state index in [0.717, 1.165) is 0 Å². The summed E-state index contributed by atoms with van der Waals surface area (Å²) < 4.78 is 3.97. The number of hydrogen-bond acceptors (Lipinski definition) is 0. The van der Waals surface area contributed by atoms with Gasteiger partial charge in [0.15, 0.2) is 0 Å². The summed E-state index contributed by atoms with van der Waals surface area (Å²) in [5.74, 6) is 0. The molecular formula is C43H44Cl2SiZr. The maximum Gasteiger partial charge on any atom is -0.147 e. The van der Waals surface area contributed by atoms with Crippen molar-refractivity contribution in [3.8, 4) is 22.3 Å². The van der Waals surface area contributed by atoms with Crippen molar-refractivity contribution in [2.45, 2.75) is 39.6 Å². The average Bonchev–Trinajstić information content (AvgIpc) is 3.61. The van der Waals surface area contributed by atoms with Gasteiger partial charge in [0.05, 0.1) is 0 Å². The Morgan fingerprint density at radius 1 is 0.468 bits per heavy atom. The molecule has 8 rings (SSSR count). The van der Waals surface area contributed by atoms with E-state index in [1.165, 1.54) is 62.3 Å². The Kier molecular flexibility index (Phi) is 10.7. The third kappa shape index (κ3) is 5.87. The molecule has 0 radical (unpaired) electrons. The molecule has 0 N–H and O–H groups in total. The van der Waals surface area contributed by atoms with Gasteiger partial charge in [0.25, 0.3) is 0 Å². The van der Waals surface area contributed by atoms with Gasteiger partial charge < -0.3 is 0 Å². The van der Waals surface area contributed by atoms with Crippen LogP contribution in [0.1, 0.15) is 57.2 Å². The van der Waals surface area contributed by atoms with E-state index in [-0.39, 0.29) is 24.8 Å². The van der Waals surface area contributed by atoms with Crippen LogP contribution in [-0.2, 0) is 19.4 Å². The molecule has 0 aromatic heterocycles. The van der Waals surface area contributed by atoms with Crippen LogP contribution in [0.5, 0.6) is 0 Å². The third-order valence-electron chi connectivity index (χ3n) is 10.2. The maximum atomic E-state index is 2.77. The maximum absolute atomic E-state index is 2.81. The first-order valence-electron chi connectivity index (χ1n) is 16.5. The summed E-state index contributed by atoms with van der Waals surface area (Å²) in [5, 5.41) is 5.30. The topological polar surface area (TPSA) is 0 Å². The summed E-state index contributed by atoms with van der Waals surface area (Å²) in [7, 11) is 1.28. The molecule has 0 fully saturated rings. The summed E-state index contributed by atoms with van der Waals surface area (Å²) in [6.45, 7) is 8.85. The average molecular weight is 751 g/mol. The molecule has 6 aromatic carbocycles. The van der Waals surface area contributed by atoms with E-state index in [9.17, 15) is 0 Å². The van der Waals surface area contributed by atoms with Crippen LogP contribution in [0.4, 0.5) is 0 Å². The van der Waals surface area contributed by atoms with E-state index < -0.39 is 19.4 Å². The van der Waals surface area contributed by atoms with Crippen molar-refractivity contribution in [2.75, 3.05) is 0 Å². The predicted octanol–water partition coefficient (Wildman–Crippen LogP) is 12.3. The van der Waals surface area contributed by atoms with Gasteiger partial charge in [-0.25, -0.2) is 0 Å². The van der Waals surface area contributed by atoms with Crippen molar-refractivity contribution in [2.24, 2.45) is 0 Å². The summed E-state index contributed by atoms with van der Waals surface area (Å²) in [5.41, 5.74) is 14.7. The van der Waals surface area contributed by atoms with Crippen molar-refractivity contribution < 1.29 is 19.4 Å². The van der Waals surface area contributed by atoms with E-state index in [1.807, 2.05) is 13.8 Å². The molecule has 2 aliphatic carbocycles. The molecule has 0 aliphatic heterocycles. The predicted molar refractivity (Wildman–Crippen MR) is 213 cm³/mol. The van der Waals surface area contributed by atoms with Crippen molar-refractivity contribution >= 4 is 65.9 Å². The number of rotatable bonds is 4. The first-order chi connectivity index (χ1) is 21.9. The zero-order valence-electron chi connectivity index (χ0n) is 28.2. The number of fused-ring (bicyclic) bond motifs is 4. The fraction of sp³-hybridized carbons (Fsp3) is 0.163. The summed E-state index contributed by atoms with van der Waals surface area (Å²) >= 11 is -2.81. The first-order valence-corrected chi connectivity index (χ1v) is 30.2. The molecule has 2 atom stereocenters. The second-order valence-corrected chi connectivity index (χ2v) is 37.7. The van der Waals surface area contributed by atoms with Crippen molar-refractivity contribution in [3.05, 3.63) is 155 Å². The number of hydrogen-bond donors (Lipinski definition) is 0. The standard InChI is InChI=1S/2C20H15.C2H6.CH3.2ClH.H3Si.Zr/c2*1-14-12-16-8-5-11-19(20(16)13-14)18-10-4-7-15-6-2-3-9-17(15)18;1-2;;;;;/h2*2-13H,1H3;1-2H3;1H3;2*1H;1H3;. The van der Waals surface area contributed by atoms with Gasteiger partial charge in [-0.15, -0.1) is 24.8 Å². The second kappa shape index (κ2) is 14.2. The largest absolute Gasteiger partial charge is 0.147 e. The Bertz CT molecular complexity index is 2000. The molecular weight excluding hydrogens is 707 g/mol. The fourth-order valence-electron chi connectivity index (χ4n) is 8.64. The third-order valence-corrected chi connectivity index (χ3v) is 28.1. The van der Waals surface area contributed by atoms with Crippen LogP contribution >= 0.6 is 24.8 Å². The van der Waals surface area contributed by atoms with Gasteiger partial charge in [0, 0.05) is 0 Å². The SMILES string of the molecule is CC.CC1=Cc2c(-c3cccc4ccccc34)cccc2[CH]1[Zr]([CH3])([SiH3])[CH]1C(C)=Cc2c(-c3cccc4ccccc34)cccc21.Cl.Cl. The molecule has 0 amide bonds. The van der Waals surface area contributed by atoms with E-state index in [4.69, 9.17) is 0 Å². The molecule has 0 saturated heterocycles. The molecule has 2 aliphatic rings. The van der Waals surface area contributed by atoms with E-state index in [1.54, 1.807) is 22.3 Å². The Labute approximate surface area is 299 Å². The minimum absolute atomic E-state index is 0. The van der Waals surface area contributed by atoms with E-state index in [2.05, 4.69) is 152 Å². The van der Waals surface area contributed by atoms with E-state index in [0.29, 0.717) is 7.25 Å². The Hall–Kier alpha value is -3.00. The Morgan fingerprint density at radius 2 is 0.809 bits per heavy atom. The molecule has 0 heterocycles. The molecule has 0 spiro atoms. The Morgan fingerprint density at radius 3 is 1.23 bits per heavy atom. The fourth-order valence-corrected chi connectivity index (χ4v) is 29.9. The van der Waals surface area contributed by atoms with Crippen LogP contribution in [0.25, 0.3) is 56.0 Å². The van der Waals surface area contributed by atoms with Crippen molar-refractivity contribution in [3.63, 3.8) is 0 Å². The van der Waals surface area contributed by atoms with Gasteiger partial charge in [0.1, 0.15) is 0 Å². The van der Waals surface area contributed by atoms with Gasteiger partial charge in [-0.2, -0.15) is 0 Å². The molecule has 0 nitrogen and oxygen atoms in total. The molecule has 6 aromatic rings. The van der Waals surface area contributed by atoms with Crippen molar-refractivity contribution in [1.29, 1.82) is 0 Å². The van der Waals surface area contributed by atoms with Crippen LogP contribution in [0.3, 0.4) is 0 Å². The number of allylic oxidation sites excluding steroid dienone is 2. The molecule has 0 bridgehead atoms. The second-order valence-electron chi connectivity index (χ2n) is 13.1. The smallest absolute Gasteiger partial charge is 0.147 e. The van der Waals surface area contributed by atoms with Crippen LogP contribution in [0, 0.1) is 0 Å². The van der Waals surface area contributed by atoms with Crippen LogP contribution in [-0.4, -0.2) is 7.37 Å². The molecule has 238 valence electrons. The molecule has 4 heteroatoms. The summed E-state index contributed by atoms with van der Waals surface area (Å²) in [6, 6.07) is 45.4. The number of halogens is 2. The quantitative estimate of drug-likeness (QED) is 0.157. The monoisotopic (exact) mass is 748 g/mol. The number of benzene rings is 6. The van der Waals surface area contributed by atoms with Gasteiger partial charge in [-0.3, -0.25) is 0 Å². The van der Waals surface area contributed by atoms with E-state index >= 15 is 0 Å². The molecule has 0 saturated carbocycles. The van der Waals surface area contributed by atoms with Crippen LogP contribution < -0.4 is 0 Å². The summed E-state index contributed by atoms with van der Waals surface area (Å²) in [4.78, 5) is 0. The van der Waals surface area contributed by atoms with Crippen LogP contribution in [0.15, 0.2) is 132 Å². The minimum Gasteiger partial charge on any atom is -0.147 e. The van der Waals surface area contributed by atoms with Gasteiger partial charge in [-0.05, 0) is 0 Å². The molecule has 2 unspecified atom stereocenters. The normalized spacial score (nSPS) is 17.3. The zero-order valence-corrected chi connectivity index (χ0v) is 34.3. The Balaban J connectivity index is 0.00000106. The van der Waals surface area contributed by atoms with Gasteiger partial charge >= 0.3 is 263 Å².